The Morgan fingerprint density at radius 1 is 1.00 bits per heavy atom. The molecule has 9 heteroatoms. The molecule has 0 bridgehead atoms. The number of aryl methyl sites for hydroxylation is 1. The fourth-order valence-electron chi connectivity index (χ4n) is 4.20. The number of hydrogen-bond acceptors (Lipinski definition) is 7. The smallest absolute Gasteiger partial charge is 0.255 e. The van der Waals surface area contributed by atoms with Gasteiger partial charge in [-0.25, -0.2) is 15.0 Å². The van der Waals surface area contributed by atoms with Crippen molar-refractivity contribution in [3.8, 4) is 0 Å². The number of anilines is 2. The lowest BCUT2D eigenvalue weighted by Crippen LogP contribution is -2.47. The minimum absolute atomic E-state index is 0.0253. The number of amides is 1. The van der Waals surface area contributed by atoms with Gasteiger partial charge in [-0.05, 0) is 36.8 Å². The van der Waals surface area contributed by atoms with Crippen molar-refractivity contribution in [1.82, 2.24) is 19.9 Å². The molecule has 0 atom stereocenters. The molecule has 30 heavy (non-hydrogen) atoms. The van der Waals surface area contributed by atoms with E-state index < -0.39 is 0 Å². The number of thiophene rings is 1. The van der Waals surface area contributed by atoms with Gasteiger partial charge in [-0.2, -0.15) is 0 Å². The topological polar surface area (TPSA) is 65.5 Å². The maximum Gasteiger partial charge on any atom is 0.255 e. The SMILES string of the molecule is Cc1csc2c(N3CCN(c4ncc(C(=O)N5CCCC5)cc4Cl)CC3)ncnc12. The molecule has 5 rings (SSSR count). The highest BCUT2D eigenvalue weighted by Gasteiger charge is 2.25. The van der Waals surface area contributed by atoms with Crippen molar-refractivity contribution in [2.45, 2.75) is 19.8 Å². The zero-order valence-corrected chi connectivity index (χ0v) is 18.4. The molecule has 3 aromatic rings. The number of hydrogen-bond donors (Lipinski definition) is 0. The number of carbonyl (C=O) groups excluding carboxylic acids is 1. The zero-order valence-electron chi connectivity index (χ0n) is 16.8. The number of pyridine rings is 1. The lowest BCUT2D eigenvalue weighted by Gasteiger charge is -2.36. The first kappa shape index (κ1) is 19.5. The normalized spacial score (nSPS) is 17.2. The molecule has 0 N–H and O–H groups in total. The zero-order chi connectivity index (χ0) is 20.7. The summed E-state index contributed by atoms with van der Waals surface area (Å²) in [5, 5.41) is 2.67. The van der Waals surface area contributed by atoms with E-state index >= 15 is 0 Å². The van der Waals surface area contributed by atoms with E-state index in [4.69, 9.17) is 11.6 Å². The molecule has 0 aromatic carbocycles. The second-order valence-electron chi connectivity index (χ2n) is 7.80. The van der Waals surface area contributed by atoms with Crippen molar-refractivity contribution in [1.29, 1.82) is 0 Å². The van der Waals surface area contributed by atoms with Crippen LogP contribution in [0.5, 0.6) is 0 Å². The van der Waals surface area contributed by atoms with Gasteiger partial charge in [0.25, 0.3) is 5.91 Å². The molecular weight excluding hydrogens is 420 g/mol. The Kier molecular flexibility index (Phi) is 5.20. The van der Waals surface area contributed by atoms with E-state index in [-0.39, 0.29) is 5.91 Å². The Bertz CT molecular complexity index is 1090. The molecule has 1 amide bonds. The summed E-state index contributed by atoms with van der Waals surface area (Å²) >= 11 is 8.24. The van der Waals surface area contributed by atoms with Crippen LogP contribution in [0.15, 0.2) is 24.0 Å². The molecule has 3 aromatic heterocycles. The van der Waals surface area contributed by atoms with Gasteiger partial charge in [-0.1, -0.05) is 11.6 Å². The Labute approximate surface area is 184 Å². The molecule has 2 aliphatic heterocycles. The van der Waals surface area contributed by atoms with E-state index in [2.05, 4.69) is 37.1 Å². The maximum absolute atomic E-state index is 12.6. The van der Waals surface area contributed by atoms with E-state index in [1.165, 1.54) is 5.56 Å². The third kappa shape index (κ3) is 3.48. The van der Waals surface area contributed by atoms with Crippen molar-refractivity contribution < 1.29 is 4.79 Å². The van der Waals surface area contributed by atoms with E-state index in [1.54, 1.807) is 29.9 Å². The Hall–Kier alpha value is -2.45. The summed E-state index contributed by atoms with van der Waals surface area (Å²) in [5.41, 5.74) is 2.80. The minimum Gasteiger partial charge on any atom is -0.352 e. The van der Waals surface area contributed by atoms with Crippen LogP contribution >= 0.6 is 22.9 Å². The average molecular weight is 443 g/mol. The summed E-state index contributed by atoms with van der Waals surface area (Å²) in [6, 6.07) is 1.76. The molecule has 2 fully saturated rings. The number of aromatic nitrogens is 3. The second-order valence-corrected chi connectivity index (χ2v) is 9.08. The summed E-state index contributed by atoms with van der Waals surface area (Å²) < 4.78 is 1.14. The summed E-state index contributed by atoms with van der Waals surface area (Å²) in [7, 11) is 0. The third-order valence-electron chi connectivity index (χ3n) is 5.85. The van der Waals surface area contributed by atoms with Crippen LogP contribution in [0.3, 0.4) is 0 Å². The molecule has 7 nitrogen and oxygen atoms in total. The third-order valence-corrected chi connectivity index (χ3v) is 7.21. The van der Waals surface area contributed by atoms with Crippen molar-refractivity contribution in [2.24, 2.45) is 0 Å². The van der Waals surface area contributed by atoms with E-state index in [0.717, 1.165) is 74.0 Å². The Morgan fingerprint density at radius 3 is 2.40 bits per heavy atom. The summed E-state index contributed by atoms with van der Waals surface area (Å²) in [6.07, 6.45) is 5.45. The Balaban J connectivity index is 1.30. The number of halogens is 1. The van der Waals surface area contributed by atoms with Crippen molar-refractivity contribution in [3.63, 3.8) is 0 Å². The van der Waals surface area contributed by atoms with Crippen molar-refractivity contribution in [3.05, 3.63) is 40.1 Å². The van der Waals surface area contributed by atoms with Gasteiger partial charge in [0.15, 0.2) is 0 Å². The van der Waals surface area contributed by atoms with Gasteiger partial charge >= 0.3 is 0 Å². The van der Waals surface area contributed by atoms with Crippen molar-refractivity contribution in [2.75, 3.05) is 49.1 Å². The molecule has 5 heterocycles. The number of piperazine rings is 1. The fraction of sp³-hybridized carbons (Fsp3) is 0.429. The fourth-order valence-corrected chi connectivity index (χ4v) is 5.50. The molecule has 0 unspecified atom stereocenters. The van der Waals surface area contributed by atoms with Gasteiger partial charge in [-0.15, -0.1) is 11.3 Å². The van der Waals surface area contributed by atoms with E-state index in [1.807, 2.05) is 4.90 Å². The molecular formula is C21H23ClN6OS. The van der Waals surface area contributed by atoms with Gasteiger partial charge in [0.2, 0.25) is 0 Å². The first-order valence-electron chi connectivity index (χ1n) is 10.3. The van der Waals surface area contributed by atoms with Crippen LogP contribution in [0.4, 0.5) is 11.6 Å². The van der Waals surface area contributed by atoms with Gasteiger partial charge in [-0.3, -0.25) is 4.79 Å². The van der Waals surface area contributed by atoms with Crippen LogP contribution in [-0.2, 0) is 0 Å². The number of nitrogens with zero attached hydrogens (tertiary/aromatic N) is 6. The highest BCUT2D eigenvalue weighted by atomic mass is 35.5. The van der Waals surface area contributed by atoms with Gasteiger partial charge in [0.05, 0.1) is 20.8 Å². The van der Waals surface area contributed by atoms with Crippen LogP contribution in [0.2, 0.25) is 5.02 Å². The van der Waals surface area contributed by atoms with Crippen LogP contribution < -0.4 is 9.80 Å². The number of carbonyl (C=O) groups is 1. The monoisotopic (exact) mass is 442 g/mol. The first-order chi connectivity index (χ1) is 14.6. The quantitative estimate of drug-likeness (QED) is 0.617. The number of rotatable bonds is 3. The molecule has 0 aliphatic carbocycles. The summed E-state index contributed by atoms with van der Waals surface area (Å²) in [4.78, 5) is 32.5. The van der Waals surface area contributed by atoms with Crippen molar-refractivity contribution >= 4 is 50.7 Å². The minimum atomic E-state index is 0.0253. The standard InChI is InChI=1S/C21H23ClN6OS/c1-14-12-30-18-17(14)24-13-25-20(18)27-8-6-26(7-9-27)19-16(22)10-15(11-23-19)21(29)28-4-2-3-5-28/h10-13H,2-9H2,1H3. The van der Waals surface area contributed by atoms with Gasteiger partial charge in [0, 0.05) is 45.5 Å². The Morgan fingerprint density at radius 2 is 1.70 bits per heavy atom. The van der Waals surface area contributed by atoms with Crippen LogP contribution in [0.1, 0.15) is 28.8 Å². The molecule has 0 radical (unpaired) electrons. The average Bonchev–Trinajstić information content (AvgIpc) is 3.44. The number of likely N-dealkylation sites (tertiary alicyclic amines) is 1. The van der Waals surface area contributed by atoms with Crippen LogP contribution in [0.25, 0.3) is 10.2 Å². The van der Waals surface area contributed by atoms with Gasteiger partial charge < -0.3 is 14.7 Å². The van der Waals surface area contributed by atoms with Crippen LogP contribution in [-0.4, -0.2) is 65.0 Å². The first-order valence-corrected chi connectivity index (χ1v) is 11.5. The summed E-state index contributed by atoms with van der Waals surface area (Å²) in [5.74, 6) is 1.77. The lowest BCUT2D eigenvalue weighted by atomic mass is 10.2. The molecule has 156 valence electrons. The van der Waals surface area contributed by atoms with E-state index in [9.17, 15) is 4.79 Å². The summed E-state index contributed by atoms with van der Waals surface area (Å²) in [6.45, 7) is 6.97. The molecule has 0 saturated carbocycles. The number of fused-ring (bicyclic) bond motifs is 1. The van der Waals surface area contributed by atoms with Crippen LogP contribution in [0, 0.1) is 6.92 Å². The molecule has 0 spiro atoms. The predicted molar refractivity (Wildman–Crippen MR) is 121 cm³/mol. The molecule has 2 saturated heterocycles. The lowest BCUT2D eigenvalue weighted by molar-refractivity contribution is 0.0792. The largest absolute Gasteiger partial charge is 0.352 e. The highest BCUT2D eigenvalue weighted by molar-refractivity contribution is 7.18. The molecule has 2 aliphatic rings. The maximum atomic E-state index is 12.6. The highest BCUT2D eigenvalue weighted by Crippen LogP contribution is 2.32. The van der Waals surface area contributed by atoms with E-state index in [0.29, 0.717) is 10.6 Å². The second kappa shape index (κ2) is 8.00. The predicted octanol–water partition coefficient (Wildman–Crippen LogP) is 3.61. The van der Waals surface area contributed by atoms with Gasteiger partial charge in [0.1, 0.15) is 18.0 Å².